The summed E-state index contributed by atoms with van der Waals surface area (Å²) in [5, 5.41) is 4.30. The van der Waals surface area contributed by atoms with Crippen molar-refractivity contribution in [3.05, 3.63) is 42.4 Å². The van der Waals surface area contributed by atoms with Gasteiger partial charge >= 0.3 is 5.97 Å². The second kappa shape index (κ2) is 5.20. The highest BCUT2D eigenvalue weighted by Gasteiger charge is 2.13. The Kier molecular flexibility index (Phi) is 3.23. The first-order valence-electron chi connectivity index (χ1n) is 6.31. The summed E-state index contributed by atoms with van der Waals surface area (Å²) in [6, 6.07) is 9.26. The zero-order valence-electron chi connectivity index (χ0n) is 11.4. The third kappa shape index (κ3) is 2.40. The fourth-order valence-electron chi connectivity index (χ4n) is 2.05. The van der Waals surface area contributed by atoms with E-state index in [1.165, 1.54) is 7.11 Å². The van der Waals surface area contributed by atoms with Crippen molar-refractivity contribution in [3.63, 3.8) is 0 Å². The average Bonchev–Trinajstić information content (AvgIpc) is 2.90. The number of methoxy groups -OCH3 is 1. The summed E-state index contributed by atoms with van der Waals surface area (Å²) in [6.07, 6.45) is 1.64. The number of nitrogen functional groups attached to an aromatic ring is 1. The van der Waals surface area contributed by atoms with E-state index in [9.17, 15) is 4.79 Å². The third-order valence-electron chi connectivity index (χ3n) is 3.05. The highest BCUT2D eigenvalue weighted by Crippen LogP contribution is 2.24. The smallest absolute Gasteiger partial charge is 0.313 e. The van der Waals surface area contributed by atoms with Gasteiger partial charge in [-0.3, -0.25) is 4.79 Å². The predicted octanol–water partition coefficient (Wildman–Crippen LogP) is 1.09. The zero-order chi connectivity index (χ0) is 14.8. The molecule has 0 aliphatic rings. The molecule has 0 saturated carbocycles. The Labute approximate surface area is 120 Å². The molecule has 0 bridgehead atoms. The molecule has 106 valence electrons. The summed E-state index contributed by atoms with van der Waals surface area (Å²) in [5.41, 5.74) is 8.23. The van der Waals surface area contributed by atoms with Gasteiger partial charge in [-0.1, -0.05) is 18.2 Å². The van der Waals surface area contributed by atoms with Crippen LogP contribution in [0.2, 0.25) is 0 Å². The van der Waals surface area contributed by atoms with Crippen molar-refractivity contribution >= 4 is 17.4 Å². The van der Waals surface area contributed by atoms with Crippen LogP contribution >= 0.6 is 0 Å². The van der Waals surface area contributed by atoms with Crippen molar-refractivity contribution in [1.82, 2.24) is 19.6 Å². The van der Waals surface area contributed by atoms with E-state index >= 15 is 0 Å². The number of hydrogen-bond donors (Lipinski definition) is 1. The molecule has 2 heterocycles. The van der Waals surface area contributed by atoms with Crippen LogP contribution in [0.25, 0.3) is 17.0 Å². The lowest BCUT2D eigenvalue weighted by atomic mass is 10.1. The van der Waals surface area contributed by atoms with Crippen molar-refractivity contribution in [1.29, 1.82) is 0 Å². The maximum absolute atomic E-state index is 11.3. The van der Waals surface area contributed by atoms with Crippen LogP contribution in [0.15, 0.2) is 36.5 Å². The zero-order valence-corrected chi connectivity index (χ0v) is 11.4. The number of ether oxygens (including phenoxy) is 1. The highest BCUT2D eigenvalue weighted by molar-refractivity contribution is 5.75. The third-order valence-corrected chi connectivity index (χ3v) is 3.05. The van der Waals surface area contributed by atoms with Gasteiger partial charge in [0, 0.05) is 17.4 Å². The Morgan fingerprint density at radius 3 is 2.90 bits per heavy atom. The van der Waals surface area contributed by atoms with E-state index < -0.39 is 5.97 Å². The monoisotopic (exact) mass is 283 g/mol. The van der Waals surface area contributed by atoms with Crippen LogP contribution in [-0.4, -0.2) is 32.7 Å². The van der Waals surface area contributed by atoms with E-state index in [2.05, 4.69) is 19.8 Å². The number of fused-ring (bicyclic) bond motifs is 1. The molecule has 3 rings (SSSR count). The van der Waals surface area contributed by atoms with E-state index in [-0.39, 0.29) is 6.42 Å². The predicted molar refractivity (Wildman–Crippen MR) is 76.4 cm³/mol. The summed E-state index contributed by atoms with van der Waals surface area (Å²) >= 11 is 0. The minimum Gasteiger partial charge on any atom is -0.469 e. The quantitative estimate of drug-likeness (QED) is 0.571. The van der Waals surface area contributed by atoms with Gasteiger partial charge < -0.3 is 10.5 Å². The van der Waals surface area contributed by atoms with Crippen molar-refractivity contribution in [2.24, 2.45) is 0 Å². The van der Waals surface area contributed by atoms with Crippen LogP contribution < -0.4 is 5.73 Å². The molecule has 21 heavy (non-hydrogen) atoms. The molecule has 2 aromatic heterocycles. The summed E-state index contributed by atoms with van der Waals surface area (Å²) in [5.74, 6) is 0.373. The number of nitrogens with two attached hydrogens (primary N) is 1. The number of esters is 1. The van der Waals surface area contributed by atoms with Gasteiger partial charge in [-0.25, -0.2) is 4.98 Å². The van der Waals surface area contributed by atoms with E-state index in [0.717, 1.165) is 11.3 Å². The van der Waals surface area contributed by atoms with Crippen LogP contribution in [-0.2, 0) is 16.0 Å². The van der Waals surface area contributed by atoms with E-state index in [1.807, 2.05) is 24.3 Å². The average molecular weight is 283 g/mol. The molecular weight excluding hydrogens is 270 g/mol. The van der Waals surface area contributed by atoms with Crippen molar-refractivity contribution < 1.29 is 9.53 Å². The molecule has 0 aliphatic heterocycles. The molecule has 0 unspecified atom stereocenters. The van der Waals surface area contributed by atoms with Gasteiger partial charge in [-0.2, -0.15) is 9.50 Å². The SMILES string of the molecule is COC(=O)Cc1nc2nccc(-c3ccccc3N)n2n1. The van der Waals surface area contributed by atoms with Crippen LogP contribution in [0.3, 0.4) is 0 Å². The molecule has 3 aromatic rings. The first-order valence-corrected chi connectivity index (χ1v) is 6.31. The highest BCUT2D eigenvalue weighted by atomic mass is 16.5. The van der Waals surface area contributed by atoms with Crippen molar-refractivity contribution in [3.8, 4) is 11.3 Å². The lowest BCUT2D eigenvalue weighted by Crippen LogP contribution is -2.06. The van der Waals surface area contributed by atoms with Gasteiger partial charge in [-0.05, 0) is 12.1 Å². The number of rotatable bonds is 3. The Hall–Kier alpha value is -2.96. The number of nitrogens with zero attached hydrogens (tertiary/aromatic N) is 4. The fraction of sp³-hybridized carbons (Fsp3) is 0.143. The van der Waals surface area contributed by atoms with Crippen LogP contribution in [0, 0.1) is 0 Å². The number of anilines is 1. The Balaban J connectivity index is 2.12. The van der Waals surface area contributed by atoms with Crippen LogP contribution in [0.4, 0.5) is 5.69 Å². The van der Waals surface area contributed by atoms with Crippen molar-refractivity contribution in [2.45, 2.75) is 6.42 Å². The lowest BCUT2D eigenvalue weighted by molar-refractivity contribution is -0.139. The minimum absolute atomic E-state index is 0.00354. The van der Waals surface area contributed by atoms with Gasteiger partial charge in [-0.15, -0.1) is 5.10 Å². The van der Waals surface area contributed by atoms with Gasteiger partial charge in [0.2, 0.25) is 0 Å². The van der Waals surface area contributed by atoms with E-state index in [1.54, 1.807) is 16.8 Å². The van der Waals surface area contributed by atoms with Gasteiger partial charge in [0.25, 0.3) is 5.78 Å². The molecule has 0 atom stereocenters. The maximum atomic E-state index is 11.3. The Bertz CT molecular complexity index is 812. The van der Waals surface area contributed by atoms with E-state index in [0.29, 0.717) is 17.3 Å². The van der Waals surface area contributed by atoms with Crippen LogP contribution in [0.1, 0.15) is 5.82 Å². The van der Waals surface area contributed by atoms with Crippen molar-refractivity contribution in [2.75, 3.05) is 12.8 Å². The van der Waals surface area contributed by atoms with Gasteiger partial charge in [0.15, 0.2) is 5.82 Å². The summed E-state index contributed by atoms with van der Waals surface area (Å²) in [4.78, 5) is 19.7. The molecule has 0 aliphatic carbocycles. The Morgan fingerprint density at radius 2 is 2.14 bits per heavy atom. The summed E-state index contributed by atoms with van der Waals surface area (Å²) < 4.78 is 6.19. The minimum atomic E-state index is -0.397. The molecule has 7 nitrogen and oxygen atoms in total. The van der Waals surface area contributed by atoms with E-state index in [4.69, 9.17) is 5.73 Å². The topological polar surface area (TPSA) is 95.4 Å². The number of aromatic nitrogens is 4. The lowest BCUT2D eigenvalue weighted by Gasteiger charge is -2.06. The second-order valence-corrected chi connectivity index (χ2v) is 4.41. The standard InChI is InChI=1S/C14H13N5O2/c1-21-13(20)8-12-17-14-16-7-6-11(19(14)18-12)9-4-2-3-5-10(9)15/h2-7H,8,15H2,1H3. The van der Waals surface area contributed by atoms with Crippen LogP contribution in [0.5, 0.6) is 0 Å². The molecule has 0 spiro atoms. The molecule has 0 saturated heterocycles. The summed E-state index contributed by atoms with van der Waals surface area (Å²) in [6.45, 7) is 0. The molecular formula is C14H13N5O2. The molecule has 7 heteroatoms. The number of hydrogen-bond acceptors (Lipinski definition) is 6. The number of para-hydroxylation sites is 1. The van der Waals surface area contributed by atoms with Gasteiger partial charge in [0.1, 0.15) is 6.42 Å². The number of carbonyl (C=O) groups is 1. The summed E-state index contributed by atoms with van der Waals surface area (Å²) in [7, 11) is 1.33. The second-order valence-electron chi connectivity index (χ2n) is 4.41. The fourth-order valence-corrected chi connectivity index (χ4v) is 2.05. The largest absolute Gasteiger partial charge is 0.469 e. The first kappa shape index (κ1) is 13.0. The molecule has 1 aromatic carbocycles. The molecule has 0 radical (unpaired) electrons. The molecule has 0 fully saturated rings. The number of carbonyl (C=O) groups excluding carboxylic acids is 1. The molecule has 0 amide bonds. The first-order chi connectivity index (χ1) is 10.2. The number of benzene rings is 1. The van der Waals surface area contributed by atoms with Gasteiger partial charge in [0.05, 0.1) is 12.8 Å². The Morgan fingerprint density at radius 1 is 1.33 bits per heavy atom. The molecule has 2 N–H and O–H groups in total. The maximum Gasteiger partial charge on any atom is 0.313 e. The normalized spacial score (nSPS) is 10.7.